The number of carbonyl (C=O) groups excluding carboxylic acids is 2. The Morgan fingerprint density at radius 1 is 0.561 bits per heavy atom. The van der Waals surface area contributed by atoms with Crippen molar-refractivity contribution in [1.29, 1.82) is 0 Å². The van der Waals surface area contributed by atoms with Gasteiger partial charge >= 0.3 is 19.5 Å². The Morgan fingerprint density at radius 3 is 1.17 bits per heavy atom. The molecule has 0 heterocycles. The van der Waals surface area contributed by atoms with E-state index in [0.29, 0.717) is 23.0 Å². The maximum absolute atomic E-state index is 10.7. The minimum atomic E-state index is -1.44. The Bertz CT molecular complexity index is 1300. The fourth-order valence-corrected chi connectivity index (χ4v) is 3.33. The number of para-hydroxylation sites is 2. The number of carbonyl (C=O) groups is 2. The zero-order chi connectivity index (χ0) is 29.1. The summed E-state index contributed by atoms with van der Waals surface area (Å²) in [5.74, 6) is -1.80. The molecule has 2 N–H and O–H groups in total. The van der Waals surface area contributed by atoms with E-state index >= 15 is 0 Å². The molecule has 2 unspecified atom stereocenters. The summed E-state index contributed by atoms with van der Waals surface area (Å²) in [4.78, 5) is 21.3. The summed E-state index contributed by atoms with van der Waals surface area (Å²) >= 11 is 0. The normalized spacial score (nSPS) is 11.4. The topological polar surface area (TPSA) is 158 Å². The largest absolute Gasteiger partial charge is 2.00 e. The van der Waals surface area contributed by atoms with E-state index in [4.69, 9.17) is 18.9 Å². The maximum atomic E-state index is 10.7. The molecule has 0 saturated carbocycles. The van der Waals surface area contributed by atoms with Crippen LogP contribution in [0.5, 0.6) is 34.5 Å². The Balaban J connectivity index is 0.000000280. The second-order valence-corrected chi connectivity index (χ2v) is 8.17. The predicted molar refractivity (Wildman–Crippen MR) is 139 cm³/mol. The zero-order valence-electron chi connectivity index (χ0n) is 22.3. The SMILES string of the molecule is CC(Oc1ccccc1)Oc1ccc(C(=O)[O-])c(O)c1.CC(Oc1ccccc1)Oc1ccc(C(=O)[O-])c(O)c1.[Zn+2]. The van der Waals surface area contributed by atoms with Crippen LogP contribution in [-0.2, 0) is 19.5 Å². The van der Waals surface area contributed by atoms with Gasteiger partial charge in [-0.25, -0.2) is 0 Å². The molecule has 41 heavy (non-hydrogen) atoms. The fraction of sp³-hybridized carbons (Fsp3) is 0.133. The summed E-state index contributed by atoms with van der Waals surface area (Å²) in [6.45, 7) is 3.38. The van der Waals surface area contributed by atoms with Gasteiger partial charge in [0, 0.05) is 37.1 Å². The molecule has 0 fully saturated rings. The third-order valence-corrected chi connectivity index (χ3v) is 5.07. The number of aromatic carboxylic acids is 2. The van der Waals surface area contributed by atoms with Crippen molar-refractivity contribution in [3.8, 4) is 34.5 Å². The molecule has 0 radical (unpaired) electrons. The maximum Gasteiger partial charge on any atom is 2.00 e. The van der Waals surface area contributed by atoms with E-state index in [1.807, 2.05) is 36.4 Å². The van der Waals surface area contributed by atoms with Crippen LogP contribution in [0.25, 0.3) is 0 Å². The standard InChI is InChI=1S/2C15H14O5.Zn/c2*1-10(19-11-5-3-2-4-6-11)20-12-7-8-13(15(17)18)14(16)9-12;/h2*2-10,16H,1H3,(H,17,18);/q;;+2/p-2. The van der Waals surface area contributed by atoms with Gasteiger partial charge in [-0.15, -0.1) is 0 Å². The van der Waals surface area contributed by atoms with Crippen LogP contribution >= 0.6 is 0 Å². The van der Waals surface area contributed by atoms with Crippen molar-refractivity contribution in [2.45, 2.75) is 26.4 Å². The molecule has 0 aliphatic carbocycles. The Morgan fingerprint density at radius 2 is 0.878 bits per heavy atom. The first-order valence-corrected chi connectivity index (χ1v) is 12.0. The molecular weight excluding hydrogens is 586 g/mol. The summed E-state index contributed by atoms with van der Waals surface area (Å²) < 4.78 is 21.9. The second-order valence-electron chi connectivity index (χ2n) is 8.17. The van der Waals surface area contributed by atoms with Crippen molar-refractivity contribution in [2.75, 3.05) is 0 Å². The first kappa shape index (κ1) is 32.5. The molecule has 0 aliphatic heterocycles. The number of hydrogen-bond donors (Lipinski definition) is 2. The average Bonchev–Trinajstić information content (AvgIpc) is 2.90. The van der Waals surface area contributed by atoms with Gasteiger partial charge in [0.2, 0.25) is 12.6 Å². The Kier molecular flexibility index (Phi) is 12.5. The molecule has 2 atom stereocenters. The monoisotopic (exact) mass is 610 g/mol. The summed E-state index contributed by atoms with van der Waals surface area (Å²) in [5, 5.41) is 40.4. The van der Waals surface area contributed by atoms with E-state index in [1.54, 1.807) is 38.1 Å². The van der Waals surface area contributed by atoms with E-state index in [0.717, 1.165) is 0 Å². The summed E-state index contributed by atoms with van der Waals surface area (Å²) in [5.41, 5.74) is -0.567. The van der Waals surface area contributed by atoms with E-state index in [2.05, 4.69) is 0 Å². The third kappa shape index (κ3) is 10.4. The molecular formula is C30H26O10Zn. The van der Waals surface area contributed by atoms with Crippen molar-refractivity contribution in [3.63, 3.8) is 0 Å². The van der Waals surface area contributed by atoms with Crippen LogP contribution in [0.15, 0.2) is 97.1 Å². The number of benzene rings is 4. The number of carboxylic acids is 2. The minimum absolute atomic E-state index is 0. The molecule has 0 bridgehead atoms. The number of rotatable bonds is 10. The van der Waals surface area contributed by atoms with Gasteiger partial charge < -0.3 is 49.0 Å². The van der Waals surface area contributed by atoms with Gasteiger partial charge in [0.25, 0.3) is 0 Å². The van der Waals surface area contributed by atoms with Gasteiger partial charge in [0.05, 0.1) is 11.9 Å². The van der Waals surface area contributed by atoms with E-state index in [1.165, 1.54) is 36.4 Å². The van der Waals surface area contributed by atoms with Crippen LogP contribution < -0.4 is 29.2 Å². The van der Waals surface area contributed by atoms with Gasteiger partial charge in [-0.2, -0.15) is 0 Å². The molecule has 4 aromatic carbocycles. The van der Waals surface area contributed by atoms with E-state index in [9.17, 15) is 30.0 Å². The van der Waals surface area contributed by atoms with Gasteiger partial charge in [-0.3, -0.25) is 0 Å². The molecule has 0 aliphatic rings. The van der Waals surface area contributed by atoms with Crippen LogP contribution in [0.3, 0.4) is 0 Å². The van der Waals surface area contributed by atoms with Gasteiger partial charge in [0.1, 0.15) is 34.5 Å². The van der Waals surface area contributed by atoms with Crippen molar-refractivity contribution >= 4 is 11.9 Å². The van der Waals surface area contributed by atoms with Crippen LogP contribution in [-0.4, -0.2) is 34.7 Å². The molecule has 0 spiro atoms. The summed E-state index contributed by atoms with van der Waals surface area (Å²) in [6, 6.07) is 25.9. The van der Waals surface area contributed by atoms with E-state index in [-0.39, 0.29) is 30.6 Å². The van der Waals surface area contributed by atoms with Crippen molar-refractivity contribution in [1.82, 2.24) is 0 Å². The minimum Gasteiger partial charge on any atom is -0.545 e. The number of hydrogen-bond acceptors (Lipinski definition) is 10. The molecule has 208 valence electrons. The summed E-state index contributed by atoms with van der Waals surface area (Å²) in [7, 11) is 0. The van der Waals surface area contributed by atoms with Crippen molar-refractivity contribution in [3.05, 3.63) is 108 Å². The molecule has 11 heteroatoms. The average molecular weight is 612 g/mol. The van der Waals surface area contributed by atoms with Crippen molar-refractivity contribution < 1.29 is 68.4 Å². The molecule has 10 nitrogen and oxygen atoms in total. The molecule has 0 saturated heterocycles. The molecule has 4 aromatic rings. The number of aromatic hydroxyl groups is 2. The molecule has 0 aromatic heterocycles. The smallest absolute Gasteiger partial charge is 0.545 e. The predicted octanol–water partition coefficient (Wildman–Crippen LogP) is 3.12. The van der Waals surface area contributed by atoms with Crippen LogP contribution in [0, 0.1) is 0 Å². The van der Waals surface area contributed by atoms with Crippen LogP contribution in [0.2, 0.25) is 0 Å². The van der Waals surface area contributed by atoms with E-state index < -0.39 is 36.0 Å². The Labute approximate surface area is 249 Å². The quantitative estimate of drug-likeness (QED) is 0.202. The first-order valence-electron chi connectivity index (χ1n) is 12.0. The number of carboxylic acid groups (broad SMARTS) is 2. The zero-order valence-corrected chi connectivity index (χ0v) is 25.2. The van der Waals surface area contributed by atoms with Gasteiger partial charge in [0.15, 0.2) is 0 Å². The Hall–Kier alpha value is -4.76. The molecule has 4 rings (SSSR count). The first-order chi connectivity index (χ1) is 19.1. The molecule has 0 amide bonds. The van der Waals surface area contributed by atoms with Gasteiger partial charge in [-0.1, -0.05) is 36.4 Å². The number of phenols is 2. The van der Waals surface area contributed by atoms with Crippen molar-refractivity contribution in [2.24, 2.45) is 0 Å². The fourth-order valence-electron chi connectivity index (χ4n) is 3.33. The number of ether oxygens (including phenoxy) is 4. The van der Waals surface area contributed by atoms with Crippen LogP contribution in [0.4, 0.5) is 0 Å². The third-order valence-electron chi connectivity index (χ3n) is 5.07. The summed E-state index contributed by atoms with van der Waals surface area (Å²) in [6.07, 6.45) is -1.18. The second kappa shape index (κ2) is 15.7. The van der Waals surface area contributed by atoms with Gasteiger partial charge in [-0.05, 0) is 48.5 Å². The van der Waals surface area contributed by atoms with Crippen LogP contribution in [0.1, 0.15) is 34.6 Å².